The van der Waals surface area contributed by atoms with Crippen LogP contribution in [-0.2, 0) is 17.8 Å². The minimum atomic E-state index is 0.478. The minimum Gasteiger partial charge on any atom is -0.373 e. The minimum absolute atomic E-state index is 0.478. The van der Waals surface area contributed by atoms with Crippen LogP contribution in [0.1, 0.15) is 50.2 Å². The number of nitrogens with one attached hydrogen (secondary N) is 1. The summed E-state index contributed by atoms with van der Waals surface area (Å²) in [4.78, 5) is 0. The van der Waals surface area contributed by atoms with Crippen LogP contribution in [0.5, 0.6) is 0 Å². The summed E-state index contributed by atoms with van der Waals surface area (Å²) in [5, 5.41) is 3.22. The van der Waals surface area contributed by atoms with Gasteiger partial charge in [0.1, 0.15) is 0 Å². The Hall–Kier alpha value is -0.860. The highest BCUT2D eigenvalue weighted by Crippen LogP contribution is 2.30. The molecule has 1 N–H and O–H groups in total. The largest absolute Gasteiger partial charge is 0.373 e. The Morgan fingerprint density at radius 1 is 1.15 bits per heavy atom. The molecule has 2 unspecified atom stereocenters. The second kappa shape index (κ2) is 8.43. The van der Waals surface area contributed by atoms with E-state index >= 15 is 0 Å². The van der Waals surface area contributed by atoms with Gasteiger partial charge in [0.25, 0.3) is 0 Å². The fraction of sp³-hybridized carbons (Fsp3) is 0.667. The summed E-state index contributed by atoms with van der Waals surface area (Å²) in [7, 11) is 2.01. The molecule has 0 aromatic heterocycles. The summed E-state index contributed by atoms with van der Waals surface area (Å²) in [6, 6.07) is 8.70. The van der Waals surface area contributed by atoms with Gasteiger partial charge < -0.3 is 10.1 Å². The van der Waals surface area contributed by atoms with Gasteiger partial charge in [-0.3, -0.25) is 0 Å². The van der Waals surface area contributed by atoms with Crippen LogP contribution < -0.4 is 5.32 Å². The number of ether oxygens (including phenoxy) is 1. The molecule has 1 fully saturated rings. The van der Waals surface area contributed by atoms with Gasteiger partial charge in [0.15, 0.2) is 0 Å². The summed E-state index contributed by atoms with van der Waals surface area (Å²) in [5.74, 6) is 0.772. The van der Waals surface area contributed by atoms with Crippen LogP contribution in [0.4, 0.5) is 0 Å². The predicted octanol–water partition coefficient (Wildman–Crippen LogP) is 3.93. The standard InChI is InChI=1S/C18H29NO/c1-3-15-8-6-7-11-18(15)20-14-17-10-5-4-9-16(17)12-13-19-2/h4-5,9-10,15,18-19H,3,6-8,11-14H2,1-2H3. The topological polar surface area (TPSA) is 21.3 Å². The third-order valence-corrected chi connectivity index (χ3v) is 4.58. The van der Waals surface area contributed by atoms with E-state index < -0.39 is 0 Å². The zero-order valence-electron chi connectivity index (χ0n) is 13.0. The second-order valence-electron chi connectivity index (χ2n) is 5.92. The van der Waals surface area contributed by atoms with Crippen LogP contribution in [0, 0.1) is 5.92 Å². The lowest BCUT2D eigenvalue weighted by molar-refractivity contribution is -0.0224. The van der Waals surface area contributed by atoms with Crippen molar-refractivity contribution in [2.45, 2.75) is 58.2 Å². The van der Waals surface area contributed by atoms with Crippen LogP contribution in [0.3, 0.4) is 0 Å². The van der Waals surface area contributed by atoms with E-state index in [9.17, 15) is 0 Å². The molecule has 2 rings (SSSR count). The normalized spacial score (nSPS) is 22.9. The molecule has 2 heteroatoms. The maximum absolute atomic E-state index is 6.27. The van der Waals surface area contributed by atoms with Gasteiger partial charge in [-0.05, 0) is 49.9 Å². The molecule has 1 aliphatic carbocycles. The maximum Gasteiger partial charge on any atom is 0.0723 e. The van der Waals surface area contributed by atoms with E-state index in [0.29, 0.717) is 6.10 Å². The van der Waals surface area contributed by atoms with Gasteiger partial charge in [0.05, 0.1) is 12.7 Å². The molecule has 0 heterocycles. The molecular formula is C18H29NO. The molecule has 0 amide bonds. The van der Waals surface area contributed by atoms with E-state index in [1.807, 2.05) is 7.05 Å². The summed E-state index contributed by atoms with van der Waals surface area (Å²) in [5.41, 5.74) is 2.79. The van der Waals surface area contributed by atoms with Gasteiger partial charge in [-0.1, -0.05) is 50.5 Å². The van der Waals surface area contributed by atoms with E-state index in [4.69, 9.17) is 4.74 Å². The Kier molecular flexibility index (Phi) is 6.55. The predicted molar refractivity (Wildman–Crippen MR) is 84.9 cm³/mol. The van der Waals surface area contributed by atoms with Crippen LogP contribution in [0.25, 0.3) is 0 Å². The highest BCUT2D eigenvalue weighted by Gasteiger charge is 2.24. The highest BCUT2D eigenvalue weighted by molar-refractivity contribution is 5.26. The highest BCUT2D eigenvalue weighted by atomic mass is 16.5. The van der Waals surface area contributed by atoms with Crippen LogP contribution >= 0.6 is 0 Å². The lowest BCUT2D eigenvalue weighted by atomic mass is 9.85. The number of rotatable bonds is 7. The van der Waals surface area contributed by atoms with Crippen LogP contribution in [0.2, 0.25) is 0 Å². The van der Waals surface area contributed by atoms with Gasteiger partial charge in [-0.25, -0.2) is 0 Å². The van der Waals surface area contributed by atoms with Crippen molar-refractivity contribution in [2.75, 3.05) is 13.6 Å². The first-order valence-electron chi connectivity index (χ1n) is 8.18. The monoisotopic (exact) mass is 275 g/mol. The van der Waals surface area contributed by atoms with Gasteiger partial charge in [0, 0.05) is 0 Å². The van der Waals surface area contributed by atoms with E-state index in [1.165, 1.54) is 43.2 Å². The van der Waals surface area contributed by atoms with Crippen LogP contribution in [0.15, 0.2) is 24.3 Å². The van der Waals surface area contributed by atoms with Crippen molar-refractivity contribution in [1.29, 1.82) is 0 Å². The number of hydrogen-bond acceptors (Lipinski definition) is 2. The Labute approximate surface area is 123 Å². The van der Waals surface area contributed by atoms with E-state index in [0.717, 1.165) is 25.5 Å². The Morgan fingerprint density at radius 2 is 1.90 bits per heavy atom. The van der Waals surface area contributed by atoms with Crippen LogP contribution in [-0.4, -0.2) is 19.7 Å². The summed E-state index contributed by atoms with van der Waals surface area (Å²) < 4.78 is 6.27. The van der Waals surface area contributed by atoms with Gasteiger partial charge in [-0.15, -0.1) is 0 Å². The Morgan fingerprint density at radius 3 is 2.65 bits per heavy atom. The number of benzene rings is 1. The Balaban J connectivity index is 1.92. The summed E-state index contributed by atoms with van der Waals surface area (Å²) >= 11 is 0. The Bertz CT molecular complexity index is 391. The maximum atomic E-state index is 6.27. The van der Waals surface area contributed by atoms with Crippen molar-refractivity contribution < 1.29 is 4.74 Å². The summed E-state index contributed by atoms with van der Waals surface area (Å²) in [6.07, 6.45) is 8.13. The van der Waals surface area contributed by atoms with Gasteiger partial charge in [0.2, 0.25) is 0 Å². The van der Waals surface area contributed by atoms with Crippen molar-refractivity contribution in [3.8, 4) is 0 Å². The fourth-order valence-electron chi connectivity index (χ4n) is 3.26. The quantitative estimate of drug-likeness (QED) is 0.814. The third kappa shape index (κ3) is 4.32. The van der Waals surface area contributed by atoms with Gasteiger partial charge >= 0.3 is 0 Å². The first-order valence-corrected chi connectivity index (χ1v) is 8.18. The molecular weight excluding hydrogens is 246 g/mol. The van der Waals surface area contributed by atoms with Crippen molar-refractivity contribution in [2.24, 2.45) is 5.92 Å². The lowest BCUT2D eigenvalue weighted by Crippen LogP contribution is -2.27. The molecule has 0 bridgehead atoms. The van der Waals surface area contributed by atoms with Crippen molar-refractivity contribution >= 4 is 0 Å². The third-order valence-electron chi connectivity index (χ3n) is 4.58. The molecule has 2 nitrogen and oxygen atoms in total. The summed E-state index contributed by atoms with van der Waals surface area (Å²) in [6.45, 7) is 4.10. The fourth-order valence-corrected chi connectivity index (χ4v) is 3.26. The average molecular weight is 275 g/mol. The average Bonchev–Trinajstić information content (AvgIpc) is 2.52. The number of likely N-dealkylation sites (N-methyl/N-ethyl adjacent to an activating group) is 1. The molecule has 0 saturated heterocycles. The smallest absolute Gasteiger partial charge is 0.0723 e. The number of hydrogen-bond donors (Lipinski definition) is 1. The molecule has 1 aromatic rings. The van der Waals surface area contributed by atoms with E-state index in [1.54, 1.807) is 0 Å². The zero-order chi connectivity index (χ0) is 14.2. The molecule has 0 radical (unpaired) electrons. The molecule has 1 saturated carbocycles. The molecule has 1 aliphatic rings. The first-order chi connectivity index (χ1) is 9.85. The van der Waals surface area contributed by atoms with E-state index in [-0.39, 0.29) is 0 Å². The van der Waals surface area contributed by atoms with Crippen molar-refractivity contribution in [3.05, 3.63) is 35.4 Å². The van der Waals surface area contributed by atoms with E-state index in [2.05, 4.69) is 36.5 Å². The lowest BCUT2D eigenvalue weighted by Gasteiger charge is -2.31. The molecule has 112 valence electrons. The SMILES string of the molecule is CCC1CCCCC1OCc1ccccc1CCNC. The zero-order valence-corrected chi connectivity index (χ0v) is 13.0. The molecule has 0 spiro atoms. The molecule has 20 heavy (non-hydrogen) atoms. The second-order valence-corrected chi connectivity index (χ2v) is 5.92. The van der Waals surface area contributed by atoms with Crippen molar-refractivity contribution in [1.82, 2.24) is 5.32 Å². The first kappa shape index (κ1) is 15.5. The molecule has 0 aliphatic heterocycles. The van der Waals surface area contributed by atoms with Gasteiger partial charge in [-0.2, -0.15) is 0 Å². The van der Waals surface area contributed by atoms with Crippen molar-refractivity contribution in [3.63, 3.8) is 0 Å². The molecule has 1 aromatic carbocycles. The molecule has 2 atom stereocenters.